The molecule has 0 spiro atoms. The average Bonchev–Trinajstić information content (AvgIpc) is 3.16. The van der Waals surface area contributed by atoms with Gasteiger partial charge in [-0.3, -0.25) is 9.89 Å². The van der Waals surface area contributed by atoms with Crippen LogP contribution < -0.4 is 0 Å². The van der Waals surface area contributed by atoms with Crippen LogP contribution in [0.25, 0.3) is 0 Å². The summed E-state index contributed by atoms with van der Waals surface area (Å²) in [7, 11) is 0. The fourth-order valence-electron chi connectivity index (χ4n) is 3.48. The molecule has 1 aliphatic carbocycles. The van der Waals surface area contributed by atoms with Crippen LogP contribution in [0, 0.1) is 0 Å². The van der Waals surface area contributed by atoms with Crippen LogP contribution in [0.3, 0.4) is 0 Å². The zero-order valence-corrected chi connectivity index (χ0v) is 12.1. The average molecular weight is 273 g/mol. The summed E-state index contributed by atoms with van der Waals surface area (Å²) in [4.78, 5) is 14.7. The number of amides is 1. The third-order valence-corrected chi connectivity index (χ3v) is 4.65. The predicted octanol–water partition coefficient (Wildman–Crippen LogP) is 3.25. The lowest BCUT2D eigenvalue weighted by Crippen LogP contribution is -2.36. The van der Waals surface area contributed by atoms with Gasteiger partial charge in [0, 0.05) is 12.5 Å². The Bertz CT molecular complexity index is 500. The molecule has 0 unspecified atom stereocenters. The molecule has 4 nitrogen and oxygen atoms in total. The first kappa shape index (κ1) is 13.4. The second-order valence-corrected chi connectivity index (χ2v) is 5.89. The molecular formula is C16H23N3O. The first-order valence-corrected chi connectivity index (χ1v) is 7.82. The minimum absolute atomic E-state index is 0.135. The first-order chi connectivity index (χ1) is 9.81. The molecule has 4 heteroatoms. The second-order valence-electron chi connectivity index (χ2n) is 5.89. The minimum atomic E-state index is 0.135. The van der Waals surface area contributed by atoms with E-state index in [9.17, 15) is 4.79 Å². The van der Waals surface area contributed by atoms with Crippen molar-refractivity contribution in [1.82, 2.24) is 15.1 Å². The number of aromatic nitrogens is 2. The topological polar surface area (TPSA) is 49.0 Å². The highest BCUT2D eigenvalue weighted by atomic mass is 16.2. The number of nitrogens with one attached hydrogen (secondary N) is 1. The fourth-order valence-corrected chi connectivity index (χ4v) is 3.48. The summed E-state index contributed by atoms with van der Waals surface area (Å²) in [5, 5.41) is 7.24. The van der Waals surface area contributed by atoms with Gasteiger partial charge in [-0.25, -0.2) is 0 Å². The molecule has 1 N–H and O–H groups in total. The van der Waals surface area contributed by atoms with Crippen molar-refractivity contribution < 1.29 is 4.79 Å². The quantitative estimate of drug-likeness (QED) is 0.859. The number of aromatic amines is 1. The van der Waals surface area contributed by atoms with Crippen molar-refractivity contribution in [3.05, 3.63) is 29.6 Å². The predicted molar refractivity (Wildman–Crippen MR) is 78.7 cm³/mol. The molecule has 3 rings (SSSR count). The van der Waals surface area contributed by atoms with Gasteiger partial charge < -0.3 is 4.90 Å². The summed E-state index contributed by atoms with van der Waals surface area (Å²) in [6, 6.07) is 0.247. The number of hydrogen-bond donors (Lipinski definition) is 1. The lowest BCUT2D eigenvalue weighted by molar-refractivity contribution is 0.0745. The van der Waals surface area contributed by atoms with Crippen LogP contribution in [0.5, 0.6) is 0 Å². The van der Waals surface area contributed by atoms with Crippen LogP contribution in [-0.2, 0) is 0 Å². The van der Waals surface area contributed by atoms with E-state index in [1.165, 1.54) is 32.1 Å². The van der Waals surface area contributed by atoms with Gasteiger partial charge in [0.05, 0.1) is 23.5 Å². The van der Waals surface area contributed by atoms with Gasteiger partial charge in [-0.05, 0) is 19.3 Å². The van der Waals surface area contributed by atoms with E-state index < -0.39 is 0 Å². The maximum Gasteiger partial charge on any atom is 0.258 e. The van der Waals surface area contributed by atoms with E-state index in [2.05, 4.69) is 29.3 Å². The molecule has 1 aromatic heterocycles. The number of H-pyrrole nitrogens is 1. The molecule has 20 heavy (non-hydrogen) atoms. The summed E-state index contributed by atoms with van der Waals surface area (Å²) in [6.07, 6.45) is 13.1. The van der Waals surface area contributed by atoms with Gasteiger partial charge in [-0.2, -0.15) is 5.10 Å². The molecule has 108 valence electrons. The lowest BCUT2D eigenvalue weighted by Gasteiger charge is -2.25. The lowest BCUT2D eigenvalue weighted by atomic mass is 9.85. The van der Waals surface area contributed by atoms with Crippen LogP contribution in [0.1, 0.15) is 67.4 Å². The Kier molecular flexibility index (Phi) is 3.90. The fraction of sp³-hybridized carbons (Fsp3) is 0.625. The number of carbonyl (C=O) groups excluding carboxylic acids is 1. The summed E-state index contributed by atoms with van der Waals surface area (Å²) in [6.45, 7) is 2.85. The maximum atomic E-state index is 12.8. The van der Waals surface area contributed by atoms with Crippen molar-refractivity contribution in [3.63, 3.8) is 0 Å². The summed E-state index contributed by atoms with van der Waals surface area (Å²) >= 11 is 0. The van der Waals surface area contributed by atoms with Crippen LogP contribution >= 0.6 is 0 Å². The summed E-state index contributed by atoms with van der Waals surface area (Å²) in [5.41, 5.74) is 1.86. The zero-order valence-electron chi connectivity index (χ0n) is 12.1. The number of carbonyl (C=O) groups is 1. The number of nitrogens with zero attached hydrogens (tertiary/aromatic N) is 2. The number of hydrogen-bond acceptors (Lipinski definition) is 2. The Labute approximate surface area is 120 Å². The highest BCUT2D eigenvalue weighted by Gasteiger charge is 2.29. The molecule has 1 saturated carbocycles. The molecular weight excluding hydrogens is 250 g/mol. The Morgan fingerprint density at radius 2 is 2.20 bits per heavy atom. The van der Waals surface area contributed by atoms with Gasteiger partial charge in [-0.15, -0.1) is 0 Å². The van der Waals surface area contributed by atoms with Gasteiger partial charge in [0.25, 0.3) is 5.91 Å². The van der Waals surface area contributed by atoms with Crippen LogP contribution in [0.15, 0.2) is 18.3 Å². The van der Waals surface area contributed by atoms with E-state index in [1.807, 2.05) is 4.90 Å². The molecule has 0 bridgehead atoms. The van der Waals surface area contributed by atoms with Crippen molar-refractivity contribution >= 4 is 5.91 Å². The van der Waals surface area contributed by atoms with Gasteiger partial charge in [0.1, 0.15) is 0 Å². The molecule has 1 atom stereocenters. The highest BCUT2D eigenvalue weighted by Crippen LogP contribution is 2.33. The van der Waals surface area contributed by atoms with Crippen molar-refractivity contribution in [2.24, 2.45) is 0 Å². The van der Waals surface area contributed by atoms with E-state index in [4.69, 9.17) is 0 Å². The molecule has 2 heterocycles. The molecule has 1 aliphatic heterocycles. The molecule has 1 aromatic rings. The van der Waals surface area contributed by atoms with E-state index in [1.54, 1.807) is 6.20 Å². The first-order valence-electron chi connectivity index (χ1n) is 7.82. The zero-order chi connectivity index (χ0) is 13.9. The van der Waals surface area contributed by atoms with E-state index in [-0.39, 0.29) is 11.9 Å². The van der Waals surface area contributed by atoms with Gasteiger partial charge in [0.15, 0.2) is 0 Å². The van der Waals surface area contributed by atoms with Crippen molar-refractivity contribution in [2.45, 2.75) is 57.4 Å². The van der Waals surface area contributed by atoms with Crippen LogP contribution in [0.4, 0.5) is 0 Å². The summed E-state index contributed by atoms with van der Waals surface area (Å²) in [5.74, 6) is 0.622. The van der Waals surface area contributed by atoms with Crippen molar-refractivity contribution in [2.75, 3.05) is 6.54 Å². The molecule has 1 amide bonds. The monoisotopic (exact) mass is 273 g/mol. The third-order valence-electron chi connectivity index (χ3n) is 4.65. The van der Waals surface area contributed by atoms with E-state index in [0.717, 1.165) is 24.2 Å². The largest absolute Gasteiger partial charge is 0.328 e. The Morgan fingerprint density at radius 1 is 1.40 bits per heavy atom. The number of rotatable bonds is 3. The van der Waals surface area contributed by atoms with Crippen molar-refractivity contribution in [3.8, 4) is 0 Å². The normalized spacial score (nSPS) is 23.4. The van der Waals surface area contributed by atoms with E-state index in [0.29, 0.717) is 5.92 Å². The highest BCUT2D eigenvalue weighted by molar-refractivity contribution is 5.96. The van der Waals surface area contributed by atoms with Gasteiger partial charge in [-0.1, -0.05) is 38.3 Å². The Morgan fingerprint density at radius 3 is 2.95 bits per heavy atom. The summed E-state index contributed by atoms with van der Waals surface area (Å²) < 4.78 is 0. The molecule has 0 aromatic carbocycles. The molecule has 0 saturated heterocycles. The Hall–Kier alpha value is -1.58. The maximum absolute atomic E-state index is 12.8. The van der Waals surface area contributed by atoms with Gasteiger partial charge in [0.2, 0.25) is 0 Å². The van der Waals surface area contributed by atoms with Gasteiger partial charge >= 0.3 is 0 Å². The molecule has 1 fully saturated rings. The molecule has 0 radical (unpaired) electrons. The van der Waals surface area contributed by atoms with E-state index >= 15 is 0 Å². The molecule has 2 aliphatic rings. The second kappa shape index (κ2) is 5.81. The standard InChI is InChI=1S/C16H23N3O/c1-2-13-9-6-10-19(13)16(20)14-11-17-18-15(14)12-7-4-3-5-8-12/h6,9,11-13H,2-5,7-8,10H2,1H3,(H,17,18)/t13-/m1/s1. The smallest absolute Gasteiger partial charge is 0.258 e. The van der Waals surface area contributed by atoms with Crippen LogP contribution in [0.2, 0.25) is 0 Å². The SMILES string of the molecule is CC[C@@H]1C=CCN1C(=O)c1cn[nH]c1C1CCCCC1. The van der Waals surface area contributed by atoms with Crippen molar-refractivity contribution in [1.29, 1.82) is 0 Å². The van der Waals surface area contributed by atoms with Crippen LogP contribution in [-0.4, -0.2) is 33.6 Å². The third kappa shape index (κ3) is 2.39. The minimum Gasteiger partial charge on any atom is -0.328 e. The Balaban J connectivity index is 1.80.